The molecule has 0 amide bonds. The molecule has 20 heavy (non-hydrogen) atoms. The van der Waals surface area contributed by atoms with Crippen LogP contribution >= 0.6 is 0 Å². The van der Waals surface area contributed by atoms with E-state index in [0.717, 1.165) is 0 Å². The first-order valence-corrected chi connectivity index (χ1v) is 6.59. The molecule has 2 N–H and O–H groups in total. The molecule has 6 heteroatoms. The lowest BCUT2D eigenvalue weighted by Crippen LogP contribution is -2.23. The van der Waals surface area contributed by atoms with Gasteiger partial charge in [0.1, 0.15) is 0 Å². The minimum Gasteiger partial charge on any atom is -0.380 e. The summed E-state index contributed by atoms with van der Waals surface area (Å²) in [4.78, 5) is 1.75. The topological polar surface area (TPSA) is 38.5 Å². The van der Waals surface area contributed by atoms with E-state index in [0.29, 0.717) is 25.4 Å². The summed E-state index contributed by atoms with van der Waals surface area (Å²) in [5, 5.41) is 0. The number of benzene rings is 1. The number of nitrogens with two attached hydrogens (primary N) is 1. The molecular weight excluding hydrogens is 269 g/mol. The van der Waals surface area contributed by atoms with Crippen molar-refractivity contribution in [3.63, 3.8) is 0 Å². The monoisotopic (exact) mass is 290 g/mol. The number of hydrogen-bond donors (Lipinski definition) is 1. The van der Waals surface area contributed by atoms with Gasteiger partial charge in [0.25, 0.3) is 0 Å². The van der Waals surface area contributed by atoms with Gasteiger partial charge in [-0.15, -0.1) is 0 Å². The third kappa shape index (κ3) is 4.68. The molecule has 3 nitrogen and oxygen atoms in total. The van der Waals surface area contributed by atoms with E-state index in [4.69, 9.17) is 10.5 Å². The number of likely N-dealkylation sites (N-methyl/N-ethyl adjacent to an activating group) is 1. The Hall–Kier alpha value is -1.27. The van der Waals surface area contributed by atoms with Gasteiger partial charge in [0, 0.05) is 25.9 Å². The van der Waals surface area contributed by atoms with Gasteiger partial charge in [0.2, 0.25) is 0 Å². The van der Waals surface area contributed by atoms with E-state index in [2.05, 4.69) is 0 Å². The van der Waals surface area contributed by atoms with Crippen LogP contribution in [0.25, 0.3) is 0 Å². The fourth-order valence-electron chi connectivity index (χ4n) is 1.91. The Morgan fingerprint density at radius 2 is 2.00 bits per heavy atom. The van der Waals surface area contributed by atoms with Crippen LogP contribution in [0.15, 0.2) is 18.2 Å². The highest BCUT2D eigenvalue weighted by molar-refractivity contribution is 5.51. The normalized spacial score (nSPS) is 11.7. The van der Waals surface area contributed by atoms with Crippen LogP contribution in [0.2, 0.25) is 0 Å². The number of nitrogens with zero attached hydrogens (tertiary/aromatic N) is 1. The molecule has 0 fully saturated rings. The molecule has 0 radical (unpaired) electrons. The predicted molar refractivity (Wildman–Crippen MR) is 74.0 cm³/mol. The van der Waals surface area contributed by atoms with Gasteiger partial charge in [0.15, 0.2) is 0 Å². The Kier molecular flexibility index (Phi) is 6.29. The molecule has 1 aromatic rings. The summed E-state index contributed by atoms with van der Waals surface area (Å²) >= 11 is 0. The van der Waals surface area contributed by atoms with E-state index in [1.54, 1.807) is 18.0 Å². The van der Waals surface area contributed by atoms with Gasteiger partial charge < -0.3 is 15.4 Å². The molecule has 0 saturated carbocycles. The summed E-state index contributed by atoms with van der Waals surface area (Å²) in [6, 6.07) is 4.37. The minimum atomic E-state index is -4.36. The molecule has 0 atom stereocenters. The zero-order chi connectivity index (χ0) is 15.2. The smallest absolute Gasteiger partial charge is 0.380 e. The summed E-state index contributed by atoms with van der Waals surface area (Å²) in [5.74, 6) is 0. The molecule has 0 unspecified atom stereocenters. The van der Waals surface area contributed by atoms with Crippen molar-refractivity contribution in [3.05, 3.63) is 29.3 Å². The van der Waals surface area contributed by atoms with E-state index in [1.807, 2.05) is 6.92 Å². The summed E-state index contributed by atoms with van der Waals surface area (Å²) in [6.07, 6.45) is -4.14. The molecule has 0 heterocycles. The zero-order valence-electron chi connectivity index (χ0n) is 11.8. The van der Waals surface area contributed by atoms with E-state index < -0.39 is 11.7 Å². The zero-order valence-corrected chi connectivity index (χ0v) is 11.8. The maximum atomic E-state index is 13.0. The third-order valence-corrected chi connectivity index (χ3v) is 3.03. The fourth-order valence-corrected chi connectivity index (χ4v) is 1.91. The molecule has 0 aliphatic rings. The van der Waals surface area contributed by atoms with Gasteiger partial charge >= 0.3 is 6.18 Å². The lowest BCUT2D eigenvalue weighted by atomic mass is 10.0. The van der Waals surface area contributed by atoms with E-state index in [9.17, 15) is 13.2 Å². The average molecular weight is 290 g/mol. The molecular formula is C14H21F3N2O. The lowest BCUT2D eigenvalue weighted by Gasteiger charge is -2.22. The van der Waals surface area contributed by atoms with Crippen LogP contribution in [0.1, 0.15) is 18.1 Å². The van der Waals surface area contributed by atoms with Crippen molar-refractivity contribution >= 4 is 5.69 Å². The molecule has 1 aromatic carbocycles. The lowest BCUT2D eigenvalue weighted by molar-refractivity contribution is -0.138. The average Bonchev–Trinajstić information content (AvgIpc) is 2.38. The van der Waals surface area contributed by atoms with Crippen LogP contribution in [0, 0.1) is 0 Å². The van der Waals surface area contributed by atoms with Crippen molar-refractivity contribution in [1.29, 1.82) is 0 Å². The summed E-state index contributed by atoms with van der Waals surface area (Å²) in [5.41, 5.74) is 5.51. The number of anilines is 1. The van der Waals surface area contributed by atoms with Crippen molar-refractivity contribution in [1.82, 2.24) is 0 Å². The second-order valence-corrected chi connectivity index (χ2v) is 4.50. The van der Waals surface area contributed by atoms with Crippen molar-refractivity contribution in [2.75, 3.05) is 38.3 Å². The Morgan fingerprint density at radius 1 is 1.30 bits per heavy atom. The Morgan fingerprint density at radius 3 is 2.55 bits per heavy atom. The molecule has 0 aromatic heterocycles. The maximum Gasteiger partial charge on any atom is 0.416 e. The predicted octanol–water partition coefficient (Wildman–Crippen LogP) is 2.68. The van der Waals surface area contributed by atoms with Crippen molar-refractivity contribution in [2.45, 2.75) is 19.5 Å². The largest absolute Gasteiger partial charge is 0.416 e. The standard InChI is InChI=1S/C14H21F3N2O/c1-3-20-9-8-19(2)12-5-4-11(6-7-18)13(10-12)14(15,16)17/h4-5,10H,3,6-9,18H2,1-2H3. The van der Waals surface area contributed by atoms with Gasteiger partial charge in [-0.25, -0.2) is 0 Å². The Labute approximate surface area is 117 Å². The van der Waals surface area contributed by atoms with Gasteiger partial charge in [-0.2, -0.15) is 13.2 Å². The van der Waals surface area contributed by atoms with Gasteiger partial charge in [-0.1, -0.05) is 6.07 Å². The third-order valence-electron chi connectivity index (χ3n) is 3.03. The number of alkyl halides is 3. The van der Waals surface area contributed by atoms with Crippen molar-refractivity contribution in [2.24, 2.45) is 5.73 Å². The summed E-state index contributed by atoms with van der Waals surface area (Å²) in [6.45, 7) is 3.70. The second kappa shape index (κ2) is 7.50. The summed E-state index contributed by atoms with van der Waals surface area (Å²) < 4.78 is 44.3. The molecule has 0 aliphatic carbocycles. The molecule has 0 aliphatic heterocycles. The first kappa shape index (κ1) is 16.8. The summed E-state index contributed by atoms with van der Waals surface area (Å²) in [7, 11) is 1.75. The van der Waals surface area contributed by atoms with E-state index in [-0.39, 0.29) is 18.5 Å². The van der Waals surface area contributed by atoms with Crippen LogP contribution in [0.4, 0.5) is 18.9 Å². The van der Waals surface area contributed by atoms with Crippen molar-refractivity contribution in [3.8, 4) is 0 Å². The van der Waals surface area contributed by atoms with Crippen LogP contribution in [0.5, 0.6) is 0 Å². The highest BCUT2D eigenvalue weighted by atomic mass is 19.4. The maximum absolute atomic E-state index is 13.0. The molecule has 0 spiro atoms. The number of rotatable bonds is 7. The molecule has 1 rings (SSSR count). The fraction of sp³-hybridized carbons (Fsp3) is 0.571. The van der Waals surface area contributed by atoms with Crippen LogP contribution in [-0.2, 0) is 17.3 Å². The first-order chi connectivity index (χ1) is 9.40. The van der Waals surface area contributed by atoms with Gasteiger partial charge in [-0.3, -0.25) is 0 Å². The highest BCUT2D eigenvalue weighted by Gasteiger charge is 2.33. The van der Waals surface area contributed by atoms with Gasteiger partial charge in [0.05, 0.1) is 12.2 Å². The molecule has 114 valence electrons. The highest BCUT2D eigenvalue weighted by Crippen LogP contribution is 2.34. The Balaban J connectivity index is 2.94. The SMILES string of the molecule is CCOCCN(C)c1ccc(CCN)c(C(F)(F)F)c1. The van der Waals surface area contributed by atoms with Crippen LogP contribution < -0.4 is 10.6 Å². The van der Waals surface area contributed by atoms with Crippen molar-refractivity contribution < 1.29 is 17.9 Å². The quantitative estimate of drug-likeness (QED) is 0.785. The molecule has 0 saturated heterocycles. The van der Waals surface area contributed by atoms with Crippen LogP contribution in [-0.4, -0.2) is 33.4 Å². The van der Waals surface area contributed by atoms with E-state index in [1.165, 1.54) is 12.1 Å². The second-order valence-electron chi connectivity index (χ2n) is 4.50. The van der Waals surface area contributed by atoms with E-state index >= 15 is 0 Å². The van der Waals surface area contributed by atoms with Gasteiger partial charge in [-0.05, 0) is 37.6 Å². The number of ether oxygens (including phenoxy) is 1. The minimum absolute atomic E-state index is 0.197. The molecule has 0 bridgehead atoms. The number of hydrogen-bond acceptors (Lipinski definition) is 3. The Bertz CT molecular complexity index is 421. The first-order valence-electron chi connectivity index (χ1n) is 6.59. The van der Waals surface area contributed by atoms with Crippen LogP contribution in [0.3, 0.4) is 0 Å². The number of halogens is 3.